The molecular weight excluding hydrogens is 410 g/mol. The Morgan fingerprint density at radius 3 is 2.69 bits per heavy atom. The van der Waals surface area contributed by atoms with Gasteiger partial charge in [0.2, 0.25) is 0 Å². The van der Waals surface area contributed by atoms with Crippen LogP contribution in [0.1, 0.15) is 27.4 Å². The fourth-order valence-corrected chi connectivity index (χ4v) is 3.24. The van der Waals surface area contributed by atoms with Gasteiger partial charge in [0.1, 0.15) is 5.69 Å². The summed E-state index contributed by atoms with van der Waals surface area (Å²) >= 11 is 0. The first-order valence-corrected chi connectivity index (χ1v) is 9.69. The predicted molar refractivity (Wildman–Crippen MR) is 119 cm³/mol. The molecule has 0 atom stereocenters. The maximum absolute atomic E-state index is 12.4. The maximum Gasteiger partial charge on any atom is 0.289 e. The van der Waals surface area contributed by atoms with E-state index in [1.165, 1.54) is 18.2 Å². The van der Waals surface area contributed by atoms with Gasteiger partial charge in [0.15, 0.2) is 0 Å². The molecule has 10 nitrogen and oxygen atoms in total. The number of carbonyl (C=O) groups excluding carboxylic acids is 1. The molecule has 4 aromatic rings. The van der Waals surface area contributed by atoms with Crippen molar-refractivity contribution in [3.05, 3.63) is 93.4 Å². The number of benzene rings is 2. The van der Waals surface area contributed by atoms with Crippen LogP contribution >= 0.6 is 0 Å². The van der Waals surface area contributed by atoms with Crippen molar-refractivity contribution in [1.29, 1.82) is 0 Å². The molecule has 2 heterocycles. The normalized spacial score (nSPS) is 11.1. The second kappa shape index (κ2) is 8.64. The van der Waals surface area contributed by atoms with Crippen LogP contribution < -0.4 is 5.43 Å². The molecule has 0 saturated carbocycles. The van der Waals surface area contributed by atoms with Crippen LogP contribution in [0.5, 0.6) is 0 Å². The average molecular weight is 429 g/mol. The van der Waals surface area contributed by atoms with Crippen molar-refractivity contribution in [2.45, 2.75) is 13.8 Å². The second-order valence-corrected chi connectivity index (χ2v) is 7.01. The highest BCUT2D eigenvalue weighted by molar-refractivity contribution is 5.94. The number of rotatable bonds is 6. The first kappa shape index (κ1) is 20.7. The van der Waals surface area contributed by atoms with Crippen LogP contribution in [-0.4, -0.2) is 37.0 Å². The van der Waals surface area contributed by atoms with E-state index in [-0.39, 0.29) is 11.4 Å². The van der Waals surface area contributed by atoms with Gasteiger partial charge >= 0.3 is 0 Å². The topological polar surface area (TPSA) is 131 Å². The zero-order valence-electron chi connectivity index (χ0n) is 17.3. The van der Waals surface area contributed by atoms with E-state index in [0.717, 1.165) is 22.6 Å². The van der Waals surface area contributed by atoms with E-state index in [1.54, 1.807) is 18.3 Å². The number of nitrogens with one attached hydrogen (secondary N) is 2. The van der Waals surface area contributed by atoms with Crippen LogP contribution in [0.4, 0.5) is 5.69 Å². The fraction of sp³-hybridized carbons (Fsp3) is 0.0909. The van der Waals surface area contributed by atoms with E-state index in [2.05, 4.69) is 25.8 Å². The number of non-ortho nitro benzene ring substituents is 1. The number of nitrogens with zero attached hydrogens (tertiary/aromatic N) is 5. The van der Waals surface area contributed by atoms with Crippen molar-refractivity contribution in [3.63, 3.8) is 0 Å². The molecule has 0 unspecified atom stereocenters. The van der Waals surface area contributed by atoms with E-state index in [9.17, 15) is 14.9 Å². The summed E-state index contributed by atoms with van der Waals surface area (Å²) in [6.45, 7) is 3.80. The van der Waals surface area contributed by atoms with Gasteiger partial charge in [-0.2, -0.15) is 15.3 Å². The molecule has 0 saturated heterocycles. The zero-order chi connectivity index (χ0) is 22.7. The molecule has 0 aliphatic carbocycles. The Labute approximate surface area is 182 Å². The van der Waals surface area contributed by atoms with Gasteiger partial charge in [-0.05, 0) is 32.0 Å². The molecule has 0 aliphatic rings. The van der Waals surface area contributed by atoms with Gasteiger partial charge < -0.3 is 0 Å². The number of H-pyrrole nitrogens is 1. The van der Waals surface area contributed by atoms with Crippen LogP contribution in [-0.2, 0) is 0 Å². The number of aryl methyl sites for hydroxylation is 1. The molecule has 2 N–H and O–H groups in total. The predicted octanol–water partition coefficient (Wildman–Crippen LogP) is 3.55. The number of hydrogen-bond donors (Lipinski definition) is 2. The van der Waals surface area contributed by atoms with E-state index >= 15 is 0 Å². The summed E-state index contributed by atoms with van der Waals surface area (Å²) in [5, 5.41) is 26.2. The molecule has 1 amide bonds. The smallest absolute Gasteiger partial charge is 0.272 e. The number of hydrazone groups is 1. The quantitative estimate of drug-likeness (QED) is 0.275. The minimum atomic E-state index is -0.490. The highest BCUT2D eigenvalue weighted by atomic mass is 16.6. The molecule has 4 rings (SSSR count). The Hall–Kier alpha value is -4.60. The molecule has 0 aliphatic heterocycles. The van der Waals surface area contributed by atoms with Gasteiger partial charge in [0, 0.05) is 23.3 Å². The van der Waals surface area contributed by atoms with Gasteiger partial charge in [-0.25, -0.2) is 10.1 Å². The van der Waals surface area contributed by atoms with Crippen molar-refractivity contribution in [2.24, 2.45) is 5.10 Å². The third kappa shape index (κ3) is 4.15. The van der Waals surface area contributed by atoms with Gasteiger partial charge in [-0.15, -0.1) is 0 Å². The Morgan fingerprint density at radius 1 is 1.16 bits per heavy atom. The van der Waals surface area contributed by atoms with Gasteiger partial charge in [-0.3, -0.25) is 20.0 Å². The van der Waals surface area contributed by atoms with Gasteiger partial charge in [0.05, 0.1) is 33.9 Å². The summed E-state index contributed by atoms with van der Waals surface area (Å²) in [5.41, 5.74) is 6.93. The lowest BCUT2D eigenvalue weighted by atomic mass is 10.1. The molecule has 0 bridgehead atoms. The molecule has 0 radical (unpaired) electrons. The van der Waals surface area contributed by atoms with Gasteiger partial charge in [0.25, 0.3) is 11.6 Å². The van der Waals surface area contributed by atoms with E-state index < -0.39 is 10.8 Å². The molecule has 10 heteroatoms. The lowest BCUT2D eigenvalue weighted by Gasteiger charge is -2.03. The summed E-state index contributed by atoms with van der Waals surface area (Å²) in [5.74, 6) is -0.490. The van der Waals surface area contributed by atoms with Gasteiger partial charge in [-0.1, -0.05) is 30.3 Å². The number of carbonyl (C=O) groups is 1. The fourth-order valence-electron chi connectivity index (χ4n) is 3.24. The van der Waals surface area contributed by atoms with E-state index in [0.29, 0.717) is 11.3 Å². The standard InChI is InChI=1S/C22H19N7O3/c1-14-19(15(2)28(27-14)17-8-4-3-5-9-17)13-23-26-22(30)21-12-20(24-25-21)16-7-6-10-18(11-16)29(31)32/h3-13H,1-2H3,(H,24,25)(H,26,30)/b23-13-. The minimum absolute atomic E-state index is 0.0529. The zero-order valence-corrected chi connectivity index (χ0v) is 17.3. The second-order valence-electron chi connectivity index (χ2n) is 7.01. The van der Waals surface area contributed by atoms with E-state index in [1.807, 2.05) is 48.9 Å². The number of nitro groups is 1. The van der Waals surface area contributed by atoms with Crippen molar-refractivity contribution in [1.82, 2.24) is 25.4 Å². The molecule has 2 aromatic carbocycles. The first-order valence-electron chi connectivity index (χ1n) is 9.69. The summed E-state index contributed by atoms with van der Waals surface area (Å²) in [4.78, 5) is 22.9. The summed E-state index contributed by atoms with van der Waals surface area (Å²) in [6, 6.07) is 17.3. The van der Waals surface area contributed by atoms with Crippen molar-refractivity contribution >= 4 is 17.8 Å². The first-order chi connectivity index (χ1) is 15.4. The molecule has 32 heavy (non-hydrogen) atoms. The third-order valence-electron chi connectivity index (χ3n) is 4.88. The van der Waals surface area contributed by atoms with Crippen molar-refractivity contribution in [2.75, 3.05) is 0 Å². The summed E-state index contributed by atoms with van der Waals surface area (Å²) in [7, 11) is 0. The Balaban J connectivity index is 1.48. The van der Waals surface area contributed by atoms with Crippen LogP contribution in [0.25, 0.3) is 16.9 Å². The van der Waals surface area contributed by atoms with Crippen LogP contribution in [0.15, 0.2) is 65.8 Å². The highest BCUT2D eigenvalue weighted by Gasteiger charge is 2.14. The monoisotopic (exact) mass is 429 g/mol. The number of para-hydroxylation sites is 1. The summed E-state index contributed by atoms with van der Waals surface area (Å²) in [6.07, 6.45) is 1.55. The molecular formula is C22H19N7O3. The number of aromatic nitrogens is 4. The SMILES string of the molecule is Cc1nn(-c2ccccc2)c(C)c1/C=N\NC(=O)c1cc(-c2cccc([N+](=O)[O-])c2)n[nH]1. The van der Waals surface area contributed by atoms with Crippen LogP contribution in [0.3, 0.4) is 0 Å². The third-order valence-corrected chi connectivity index (χ3v) is 4.88. The minimum Gasteiger partial charge on any atom is -0.272 e. The summed E-state index contributed by atoms with van der Waals surface area (Å²) < 4.78 is 1.82. The lowest BCUT2D eigenvalue weighted by Crippen LogP contribution is -2.18. The average Bonchev–Trinajstić information content (AvgIpc) is 3.40. The Morgan fingerprint density at radius 2 is 1.94 bits per heavy atom. The number of amides is 1. The van der Waals surface area contributed by atoms with E-state index in [4.69, 9.17) is 0 Å². The molecule has 160 valence electrons. The number of nitro benzene ring substituents is 1. The lowest BCUT2D eigenvalue weighted by molar-refractivity contribution is -0.384. The van der Waals surface area contributed by atoms with Crippen molar-refractivity contribution < 1.29 is 9.72 Å². The highest BCUT2D eigenvalue weighted by Crippen LogP contribution is 2.22. The van der Waals surface area contributed by atoms with Crippen LogP contribution in [0, 0.1) is 24.0 Å². The molecule has 2 aromatic heterocycles. The Bertz CT molecular complexity index is 1320. The number of aromatic amines is 1. The molecule has 0 spiro atoms. The maximum atomic E-state index is 12.4. The van der Waals surface area contributed by atoms with Crippen molar-refractivity contribution in [3.8, 4) is 16.9 Å². The molecule has 0 fully saturated rings. The number of hydrogen-bond acceptors (Lipinski definition) is 6. The van der Waals surface area contributed by atoms with Crippen LogP contribution in [0.2, 0.25) is 0 Å². The largest absolute Gasteiger partial charge is 0.289 e. The Kier molecular flexibility index (Phi) is 5.58.